The summed E-state index contributed by atoms with van der Waals surface area (Å²) in [6.07, 6.45) is 21.1. The average molecular weight is 320 g/mol. The normalized spacial score (nSPS) is 19.8. The van der Waals surface area contributed by atoms with Crippen molar-refractivity contribution < 1.29 is 22.2 Å². The third-order valence-electron chi connectivity index (χ3n) is 4.67. The highest BCUT2D eigenvalue weighted by Gasteiger charge is 2.23. The zero-order valence-electron chi connectivity index (χ0n) is 12.9. The molecule has 0 spiro atoms. The first-order valence-electron chi connectivity index (χ1n) is 8.17. The first kappa shape index (κ1) is 19.0. The fourth-order valence-corrected chi connectivity index (χ4v) is 3.58. The van der Waals surface area contributed by atoms with Crippen LogP contribution in [0.2, 0.25) is 0 Å². The molecule has 2 saturated carbocycles. The summed E-state index contributed by atoms with van der Waals surface area (Å²) in [5, 5.41) is 0. The van der Waals surface area contributed by atoms with Crippen LogP contribution in [0, 0.1) is 0 Å². The van der Waals surface area contributed by atoms with Crippen molar-refractivity contribution in [2.75, 3.05) is 0 Å². The second kappa shape index (κ2) is 9.90. The van der Waals surface area contributed by atoms with Crippen LogP contribution >= 0.6 is 0 Å². The maximum atomic E-state index is 9.67. The first-order chi connectivity index (χ1) is 10.2. The highest BCUT2D eigenvalue weighted by Crippen LogP contribution is 2.28. The molecule has 126 valence electrons. The molecule has 1 heterocycles. The van der Waals surface area contributed by atoms with Gasteiger partial charge in [-0.15, -0.1) is 0 Å². The van der Waals surface area contributed by atoms with Crippen molar-refractivity contribution >= 4 is 7.54 Å². The zero-order chi connectivity index (χ0) is 15.1. The summed E-state index contributed by atoms with van der Waals surface area (Å²) in [5.41, 5.74) is 0. The molecule has 2 nitrogen and oxygen atoms in total. The predicted octanol–water partition coefficient (Wildman–Crippen LogP) is 1.67. The second-order valence-electron chi connectivity index (χ2n) is 6.14. The Morgan fingerprint density at radius 2 is 1.36 bits per heavy atom. The van der Waals surface area contributed by atoms with Crippen molar-refractivity contribution in [1.29, 1.82) is 0 Å². The molecule has 0 atom stereocenters. The van der Waals surface area contributed by atoms with Gasteiger partial charge in [-0.1, -0.05) is 12.8 Å². The van der Waals surface area contributed by atoms with Gasteiger partial charge < -0.3 is 4.70 Å². The van der Waals surface area contributed by atoms with Gasteiger partial charge in [0.15, 0.2) is 0 Å². The van der Waals surface area contributed by atoms with Gasteiger partial charge in [-0.25, -0.2) is 9.13 Å². The lowest BCUT2D eigenvalue weighted by Gasteiger charge is -2.20. The summed E-state index contributed by atoms with van der Waals surface area (Å²) in [6, 6.07) is 1.57. The van der Waals surface area contributed by atoms with Crippen LogP contribution in [-0.2, 0) is 0 Å². The summed E-state index contributed by atoms with van der Waals surface area (Å²) >= 11 is 0. The van der Waals surface area contributed by atoms with Gasteiger partial charge in [0.1, 0.15) is 24.5 Å². The largest absolute Gasteiger partial charge is 1.00 e. The van der Waals surface area contributed by atoms with E-state index in [-0.39, 0.29) is 4.70 Å². The Labute approximate surface area is 130 Å². The molecule has 22 heavy (non-hydrogen) atoms. The molecule has 0 aromatic carbocycles. The highest BCUT2D eigenvalue weighted by atomic mass is 19.4. The lowest BCUT2D eigenvalue weighted by molar-refractivity contribution is -0.725. The summed E-state index contributed by atoms with van der Waals surface area (Å²) in [6.45, 7) is 0. The quantitative estimate of drug-likeness (QED) is 0.445. The lowest BCUT2D eigenvalue weighted by atomic mass is 9.95. The molecule has 0 aliphatic heterocycles. The molecular formula is C15H25BF4N2. The van der Waals surface area contributed by atoms with Gasteiger partial charge in [-0.05, 0) is 51.4 Å². The Balaban J connectivity index is 0.000000436. The molecule has 0 unspecified atom stereocenters. The fraction of sp³-hybridized carbons (Fsp3) is 0.800. The van der Waals surface area contributed by atoms with Crippen LogP contribution in [0.5, 0.6) is 0 Å². The Bertz CT molecular complexity index is 367. The average Bonchev–Trinajstić information content (AvgIpc) is 2.98. The molecule has 2 aliphatic carbocycles. The molecule has 3 rings (SSSR count). The minimum atomic E-state index is -3.67. The number of imidazole rings is 1. The molecule has 1 aromatic rings. The van der Waals surface area contributed by atoms with E-state index in [1.54, 1.807) is 0 Å². The number of hydrogen-bond acceptors (Lipinski definition) is 0. The number of rotatable bonds is 2. The van der Waals surface area contributed by atoms with Crippen LogP contribution in [-0.4, -0.2) is 12.1 Å². The molecule has 7 heteroatoms. The number of nitrogens with zero attached hydrogens (tertiary/aromatic N) is 2. The van der Waals surface area contributed by atoms with Gasteiger partial charge in [0.2, 0.25) is 6.33 Å². The highest BCUT2D eigenvalue weighted by molar-refractivity contribution is 6.33. The van der Waals surface area contributed by atoms with Crippen molar-refractivity contribution in [3.63, 3.8) is 0 Å². The van der Waals surface area contributed by atoms with E-state index in [1.807, 2.05) is 0 Å². The van der Waals surface area contributed by atoms with Gasteiger partial charge in [0.25, 0.3) is 0 Å². The monoisotopic (exact) mass is 320 g/mol. The van der Waals surface area contributed by atoms with Gasteiger partial charge in [0, 0.05) is 0 Å². The van der Waals surface area contributed by atoms with Crippen LogP contribution < -0.4 is 9.27 Å². The van der Waals surface area contributed by atoms with Crippen LogP contribution in [0.1, 0.15) is 76.3 Å². The Morgan fingerprint density at radius 1 is 0.864 bits per heavy atom. The van der Waals surface area contributed by atoms with E-state index < -0.39 is 7.54 Å². The SMILES string of the molecule is FB(F)F.[F-].c1c[n+](C2CCCCC2)cn1C1CCCCC1. The van der Waals surface area contributed by atoms with Crippen LogP contribution in [0.25, 0.3) is 0 Å². The van der Waals surface area contributed by atoms with E-state index in [0.717, 1.165) is 12.1 Å². The zero-order valence-corrected chi connectivity index (χ0v) is 12.9. The van der Waals surface area contributed by atoms with Crippen molar-refractivity contribution in [3.8, 4) is 0 Å². The van der Waals surface area contributed by atoms with Crippen molar-refractivity contribution in [2.24, 2.45) is 0 Å². The van der Waals surface area contributed by atoms with Crippen molar-refractivity contribution in [2.45, 2.75) is 76.3 Å². The van der Waals surface area contributed by atoms with E-state index >= 15 is 0 Å². The van der Waals surface area contributed by atoms with Gasteiger partial charge >= 0.3 is 7.54 Å². The van der Waals surface area contributed by atoms with Crippen LogP contribution in [0.15, 0.2) is 18.7 Å². The number of hydrogen-bond donors (Lipinski definition) is 0. The van der Waals surface area contributed by atoms with Crippen molar-refractivity contribution in [3.05, 3.63) is 18.7 Å². The first-order valence-corrected chi connectivity index (χ1v) is 8.17. The van der Waals surface area contributed by atoms with Gasteiger partial charge in [-0.3, -0.25) is 12.9 Å². The maximum Gasteiger partial charge on any atom is 0.762 e. The molecule has 1 aromatic heterocycles. The number of halogens is 4. The molecule has 0 saturated heterocycles. The smallest absolute Gasteiger partial charge is 0.762 e. The van der Waals surface area contributed by atoms with Gasteiger partial charge in [-0.2, -0.15) is 0 Å². The minimum Gasteiger partial charge on any atom is -1.00 e. The standard InChI is InChI=1S/C15H25N2.BF3.FH/c1-3-7-14(8-4-1)16-11-12-17(13-16)15-9-5-2-6-10-15;2-1(3)4;/h11-15H,1-10H2;;1H/q+1;;/p-1. The minimum absolute atomic E-state index is 0. The molecule has 2 fully saturated rings. The molecule has 0 N–H and O–H groups in total. The van der Waals surface area contributed by atoms with Gasteiger partial charge in [0.05, 0.1) is 0 Å². The Hall–Kier alpha value is -1.01. The summed E-state index contributed by atoms with van der Waals surface area (Å²) < 4.78 is 34.0. The molecule has 2 aliphatic rings. The fourth-order valence-electron chi connectivity index (χ4n) is 3.58. The topological polar surface area (TPSA) is 8.81 Å². The van der Waals surface area contributed by atoms with E-state index in [2.05, 4.69) is 27.9 Å². The molecule has 0 bridgehead atoms. The lowest BCUT2D eigenvalue weighted by Crippen LogP contribution is -3.00. The van der Waals surface area contributed by atoms with E-state index in [0.29, 0.717) is 0 Å². The maximum absolute atomic E-state index is 9.67. The second-order valence-corrected chi connectivity index (χ2v) is 6.14. The third-order valence-corrected chi connectivity index (χ3v) is 4.67. The molecule has 0 amide bonds. The summed E-state index contributed by atoms with van der Waals surface area (Å²) in [4.78, 5) is 0. The van der Waals surface area contributed by atoms with E-state index in [9.17, 15) is 12.9 Å². The van der Waals surface area contributed by atoms with Crippen LogP contribution in [0.3, 0.4) is 0 Å². The number of aromatic nitrogens is 2. The summed E-state index contributed by atoms with van der Waals surface area (Å²) in [5.74, 6) is 0. The van der Waals surface area contributed by atoms with Crippen molar-refractivity contribution in [1.82, 2.24) is 4.57 Å². The van der Waals surface area contributed by atoms with Crippen LogP contribution in [0.4, 0.5) is 12.9 Å². The molecule has 0 radical (unpaired) electrons. The Kier molecular flexibility index (Phi) is 8.57. The predicted molar refractivity (Wildman–Crippen MR) is 77.9 cm³/mol. The molecular weight excluding hydrogens is 295 g/mol. The third kappa shape index (κ3) is 6.01. The Morgan fingerprint density at radius 3 is 1.91 bits per heavy atom. The van der Waals surface area contributed by atoms with E-state index in [4.69, 9.17) is 0 Å². The van der Waals surface area contributed by atoms with E-state index in [1.165, 1.54) is 64.2 Å². The summed E-state index contributed by atoms with van der Waals surface area (Å²) in [7, 11) is -3.67.